The first-order valence-electron chi connectivity index (χ1n) is 13.1. The topological polar surface area (TPSA) is 110 Å². The monoisotopic (exact) mass is 479 g/mol. The van der Waals surface area contributed by atoms with Crippen LogP contribution in [0.5, 0.6) is 0 Å². The molecule has 10 nitrogen and oxygen atoms in total. The molecule has 3 saturated heterocycles. The molecule has 3 heterocycles. The maximum atomic E-state index is 12.6. The highest BCUT2D eigenvalue weighted by molar-refractivity contribution is 5.79. The summed E-state index contributed by atoms with van der Waals surface area (Å²) in [5.41, 5.74) is -0.496. The normalized spacial score (nSPS) is 35.6. The van der Waals surface area contributed by atoms with E-state index < -0.39 is 5.60 Å². The van der Waals surface area contributed by atoms with Gasteiger partial charge in [-0.25, -0.2) is 4.79 Å². The van der Waals surface area contributed by atoms with E-state index in [0.717, 1.165) is 25.4 Å². The average Bonchev–Trinajstić information content (AvgIpc) is 3.63. The number of hydrogen-bond acceptors (Lipinski definition) is 8. The highest BCUT2D eigenvalue weighted by atomic mass is 16.6. The smallest absolute Gasteiger partial charge is 0.410 e. The van der Waals surface area contributed by atoms with Crippen LogP contribution in [0.1, 0.15) is 53.4 Å². The van der Waals surface area contributed by atoms with E-state index in [-0.39, 0.29) is 36.4 Å². The van der Waals surface area contributed by atoms with E-state index in [2.05, 4.69) is 38.4 Å². The van der Waals surface area contributed by atoms with E-state index in [1.807, 2.05) is 20.8 Å². The SMILES string of the molecule is CNC(=O)C1CNC(N2CCN(C(=O)OC(C)(C)C)CC2C)NC1NC1CCC(C2CC2)NC1. The molecule has 10 heteroatoms. The van der Waals surface area contributed by atoms with Gasteiger partial charge in [-0.3, -0.25) is 25.6 Å². The molecule has 34 heavy (non-hydrogen) atoms. The van der Waals surface area contributed by atoms with Crippen molar-refractivity contribution in [2.45, 2.75) is 89.6 Å². The number of nitrogens with zero attached hydrogens (tertiary/aromatic N) is 2. The van der Waals surface area contributed by atoms with Gasteiger partial charge in [0.15, 0.2) is 0 Å². The molecule has 5 N–H and O–H groups in total. The maximum Gasteiger partial charge on any atom is 0.410 e. The molecule has 1 saturated carbocycles. The van der Waals surface area contributed by atoms with Crippen molar-refractivity contribution in [3.05, 3.63) is 0 Å². The fourth-order valence-corrected chi connectivity index (χ4v) is 5.53. The second kappa shape index (κ2) is 10.7. The van der Waals surface area contributed by atoms with Crippen LogP contribution < -0.4 is 26.6 Å². The van der Waals surface area contributed by atoms with Gasteiger partial charge in [0, 0.05) is 57.9 Å². The standard InChI is InChI=1S/C24H45N7O3/c1-15-14-30(23(33)34-24(2,3)4)10-11-31(15)22-27-13-18(21(32)25-5)20(29-22)28-17-8-9-19(26-12-17)16-6-7-16/h15-20,22,26-29H,6-14H2,1-5H3,(H,25,32). The van der Waals surface area contributed by atoms with Gasteiger partial charge in [-0.15, -0.1) is 0 Å². The van der Waals surface area contributed by atoms with Crippen LogP contribution in [0.3, 0.4) is 0 Å². The van der Waals surface area contributed by atoms with E-state index in [1.165, 1.54) is 19.3 Å². The van der Waals surface area contributed by atoms with Crippen LogP contribution in [0.15, 0.2) is 0 Å². The van der Waals surface area contributed by atoms with Crippen LogP contribution in [-0.2, 0) is 9.53 Å². The number of carbonyl (C=O) groups is 2. The number of ether oxygens (including phenoxy) is 1. The van der Waals surface area contributed by atoms with Crippen molar-refractivity contribution < 1.29 is 14.3 Å². The Morgan fingerprint density at radius 1 is 1.03 bits per heavy atom. The van der Waals surface area contributed by atoms with E-state index in [0.29, 0.717) is 31.7 Å². The average molecular weight is 480 g/mol. The second-order valence-electron chi connectivity index (χ2n) is 11.5. The quantitative estimate of drug-likeness (QED) is 0.381. The van der Waals surface area contributed by atoms with Crippen LogP contribution in [0.25, 0.3) is 0 Å². The zero-order valence-electron chi connectivity index (χ0n) is 21.5. The number of carbonyl (C=O) groups excluding carboxylic acids is 2. The highest BCUT2D eigenvalue weighted by Crippen LogP contribution is 2.35. The van der Waals surface area contributed by atoms with Gasteiger partial charge in [0.2, 0.25) is 5.91 Å². The van der Waals surface area contributed by atoms with Crippen LogP contribution in [0.2, 0.25) is 0 Å². The zero-order valence-corrected chi connectivity index (χ0v) is 21.5. The summed E-state index contributed by atoms with van der Waals surface area (Å²) in [7, 11) is 1.70. The fourth-order valence-electron chi connectivity index (χ4n) is 5.53. The Kier molecular flexibility index (Phi) is 8.03. The lowest BCUT2D eigenvalue weighted by atomic mass is 9.95. The van der Waals surface area contributed by atoms with E-state index in [9.17, 15) is 9.59 Å². The molecular formula is C24H45N7O3. The van der Waals surface area contributed by atoms with Gasteiger partial charge in [-0.2, -0.15) is 0 Å². The molecule has 194 valence electrons. The minimum Gasteiger partial charge on any atom is -0.444 e. The Morgan fingerprint density at radius 3 is 2.38 bits per heavy atom. The van der Waals surface area contributed by atoms with Gasteiger partial charge in [0.1, 0.15) is 11.9 Å². The summed E-state index contributed by atoms with van der Waals surface area (Å²) in [4.78, 5) is 29.3. The summed E-state index contributed by atoms with van der Waals surface area (Å²) in [6.07, 6.45) is 4.63. The third kappa shape index (κ3) is 6.40. The van der Waals surface area contributed by atoms with E-state index in [4.69, 9.17) is 4.74 Å². The molecule has 4 rings (SSSR count). The number of piperazine rings is 1. The first-order valence-corrected chi connectivity index (χ1v) is 13.1. The molecule has 6 unspecified atom stereocenters. The van der Waals surface area contributed by atoms with Crippen molar-refractivity contribution in [3.63, 3.8) is 0 Å². The molecule has 4 fully saturated rings. The van der Waals surface area contributed by atoms with Gasteiger partial charge in [-0.1, -0.05) is 0 Å². The lowest BCUT2D eigenvalue weighted by Gasteiger charge is -2.49. The molecule has 0 radical (unpaired) electrons. The number of amides is 2. The minimum atomic E-state index is -0.496. The summed E-state index contributed by atoms with van der Waals surface area (Å²) < 4.78 is 5.56. The molecule has 3 aliphatic heterocycles. The van der Waals surface area contributed by atoms with Crippen LogP contribution in [0.4, 0.5) is 4.79 Å². The van der Waals surface area contributed by atoms with Crippen molar-refractivity contribution in [1.82, 2.24) is 36.4 Å². The fraction of sp³-hybridized carbons (Fsp3) is 0.917. The third-order valence-corrected chi connectivity index (χ3v) is 7.58. The van der Waals surface area contributed by atoms with Gasteiger partial charge < -0.3 is 20.3 Å². The molecule has 0 spiro atoms. The zero-order chi connectivity index (χ0) is 24.5. The van der Waals surface area contributed by atoms with Gasteiger partial charge in [0.05, 0.1) is 12.1 Å². The molecular weight excluding hydrogens is 434 g/mol. The summed E-state index contributed by atoms with van der Waals surface area (Å²) in [5.74, 6) is 0.723. The largest absolute Gasteiger partial charge is 0.444 e. The molecule has 0 bridgehead atoms. The number of piperidine rings is 1. The first-order chi connectivity index (χ1) is 16.1. The predicted octanol–water partition coefficient (Wildman–Crippen LogP) is 0.213. The Labute approximate surface area is 204 Å². The second-order valence-corrected chi connectivity index (χ2v) is 11.5. The van der Waals surface area contributed by atoms with Gasteiger partial charge in [0.25, 0.3) is 0 Å². The van der Waals surface area contributed by atoms with Crippen LogP contribution >= 0.6 is 0 Å². The number of nitrogens with one attached hydrogen (secondary N) is 5. The summed E-state index contributed by atoms with van der Waals surface area (Å²) >= 11 is 0. The van der Waals surface area contributed by atoms with Crippen molar-refractivity contribution in [3.8, 4) is 0 Å². The molecule has 6 atom stereocenters. The maximum absolute atomic E-state index is 12.6. The number of rotatable bonds is 5. The summed E-state index contributed by atoms with van der Waals surface area (Å²) in [5, 5.41) is 17.5. The Morgan fingerprint density at radius 2 is 1.79 bits per heavy atom. The lowest BCUT2D eigenvalue weighted by molar-refractivity contribution is -0.128. The Bertz CT molecular complexity index is 718. The molecule has 2 amide bonds. The highest BCUT2D eigenvalue weighted by Gasteiger charge is 2.41. The molecule has 0 aromatic heterocycles. The summed E-state index contributed by atoms with van der Waals surface area (Å²) in [6, 6.07) is 1.17. The minimum absolute atomic E-state index is 0.0402. The van der Waals surface area contributed by atoms with Crippen molar-refractivity contribution >= 4 is 12.0 Å². The molecule has 1 aliphatic carbocycles. The van der Waals surface area contributed by atoms with Gasteiger partial charge >= 0.3 is 6.09 Å². The number of hydrogen-bond donors (Lipinski definition) is 5. The van der Waals surface area contributed by atoms with Crippen LogP contribution in [-0.4, -0.2) is 97.8 Å². The molecule has 0 aromatic carbocycles. The first kappa shape index (κ1) is 25.6. The van der Waals surface area contributed by atoms with Crippen molar-refractivity contribution in [1.29, 1.82) is 0 Å². The Hall–Kier alpha value is -1.46. The molecule has 0 aromatic rings. The predicted molar refractivity (Wildman–Crippen MR) is 131 cm³/mol. The van der Waals surface area contributed by atoms with E-state index >= 15 is 0 Å². The Balaban J connectivity index is 1.34. The third-order valence-electron chi connectivity index (χ3n) is 7.58. The molecule has 4 aliphatic rings. The van der Waals surface area contributed by atoms with E-state index in [1.54, 1.807) is 11.9 Å². The van der Waals surface area contributed by atoms with Gasteiger partial charge in [-0.05, 0) is 59.3 Å². The lowest BCUT2D eigenvalue weighted by Crippen LogP contribution is -2.74. The van der Waals surface area contributed by atoms with Crippen molar-refractivity contribution in [2.75, 3.05) is 39.8 Å². The van der Waals surface area contributed by atoms with Crippen molar-refractivity contribution in [2.24, 2.45) is 11.8 Å². The van der Waals surface area contributed by atoms with Crippen LogP contribution in [0, 0.1) is 11.8 Å². The summed E-state index contributed by atoms with van der Waals surface area (Å²) in [6.45, 7) is 11.3.